The number of sulfonamides is 1. The highest BCUT2D eigenvalue weighted by atomic mass is 35.5. The Balaban J connectivity index is 2.28. The fraction of sp³-hybridized carbons (Fsp3) is 0.417. The van der Waals surface area contributed by atoms with E-state index in [9.17, 15) is 13.2 Å². The molecule has 1 saturated heterocycles. The second-order valence-corrected chi connectivity index (χ2v) is 8.35. The van der Waals surface area contributed by atoms with Crippen LogP contribution in [0.3, 0.4) is 0 Å². The lowest BCUT2D eigenvalue weighted by Gasteiger charge is -2.13. The molecular formula is C12H13Cl2NO4S2. The molecule has 1 unspecified atom stereocenters. The van der Waals surface area contributed by atoms with Gasteiger partial charge in [0.25, 0.3) is 0 Å². The maximum Gasteiger partial charge on any atom is 0.337 e. The molecule has 5 nitrogen and oxygen atoms in total. The third kappa shape index (κ3) is 4.04. The lowest BCUT2D eigenvalue weighted by atomic mass is 10.1. The highest BCUT2D eigenvalue weighted by Crippen LogP contribution is 2.30. The van der Waals surface area contributed by atoms with Crippen LogP contribution in [-0.4, -0.2) is 37.5 Å². The van der Waals surface area contributed by atoms with Crippen molar-refractivity contribution in [1.82, 2.24) is 4.72 Å². The molecule has 0 amide bonds. The number of carboxylic acids is 1. The molecule has 1 aromatic rings. The minimum absolute atomic E-state index is 0.00796. The predicted octanol–water partition coefficient (Wildman–Crippen LogP) is 2.72. The van der Waals surface area contributed by atoms with E-state index < -0.39 is 16.0 Å². The molecule has 1 aromatic carbocycles. The van der Waals surface area contributed by atoms with Gasteiger partial charge in [0.1, 0.15) is 4.90 Å². The predicted molar refractivity (Wildman–Crippen MR) is 84.0 cm³/mol. The standard InChI is InChI=1S/C12H13Cl2NO4S2/c13-8-3-9(12(16)17)11(14)10(4-8)21(18,19)15-5-7-1-2-20-6-7/h3-4,7,15H,1-2,5-6H2,(H,16,17). The molecule has 21 heavy (non-hydrogen) atoms. The van der Waals surface area contributed by atoms with Crippen molar-refractivity contribution in [3.63, 3.8) is 0 Å². The van der Waals surface area contributed by atoms with Crippen LogP contribution in [-0.2, 0) is 10.0 Å². The normalized spacial score (nSPS) is 18.9. The van der Waals surface area contributed by atoms with Crippen LogP contribution >= 0.6 is 35.0 Å². The number of carbonyl (C=O) groups is 1. The van der Waals surface area contributed by atoms with Gasteiger partial charge in [-0.3, -0.25) is 0 Å². The zero-order valence-electron chi connectivity index (χ0n) is 10.8. The number of hydrogen-bond donors (Lipinski definition) is 2. The van der Waals surface area contributed by atoms with Gasteiger partial charge in [-0.05, 0) is 36.0 Å². The molecule has 1 aliphatic heterocycles. The second-order valence-electron chi connectivity index (χ2n) is 4.65. The summed E-state index contributed by atoms with van der Waals surface area (Å²) < 4.78 is 27.0. The number of carboxylic acid groups (broad SMARTS) is 1. The molecule has 0 bridgehead atoms. The van der Waals surface area contributed by atoms with Crippen molar-refractivity contribution < 1.29 is 18.3 Å². The van der Waals surface area contributed by atoms with Gasteiger partial charge < -0.3 is 5.11 Å². The summed E-state index contributed by atoms with van der Waals surface area (Å²) in [5, 5.41) is 8.70. The van der Waals surface area contributed by atoms with Crippen LogP contribution in [0.4, 0.5) is 0 Å². The Bertz CT molecular complexity index is 657. The fourth-order valence-electron chi connectivity index (χ4n) is 1.97. The van der Waals surface area contributed by atoms with Gasteiger partial charge in [-0.25, -0.2) is 17.9 Å². The summed E-state index contributed by atoms with van der Waals surface area (Å²) in [6.45, 7) is 0.306. The quantitative estimate of drug-likeness (QED) is 0.833. The van der Waals surface area contributed by atoms with Gasteiger partial charge in [0, 0.05) is 11.6 Å². The van der Waals surface area contributed by atoms with Crippen molar-refractivity contribution in [3.8, 4) is 0 Å². The first-order valence-electron chi connectivity index (χ1n) is 6.11. The Kier molecular flexibility index (Phi) is 5.43. The molecule has 2 rings (SSSR count). The fourth-order valence-corrected chi connectivity index (χ4v) is 5.27. The van der Waals surface area contributed by atoms with E-state index >= 15 is 0 Å². The molecule has 1 heterocycles. The number of rotatable bonds is 5. The summed E-state index contributed by atoms with van der Waals surface area (Å²) >= 11 is 13.5. The molecule has 0 spiro atoms. The van der Waals surface area contributed by atoms with E-state index in [-0.39, 0.29) is 26.4 Å². The van der Waals surface area contributed by atoms with Gasteiger partial charge in [0.05, 0.1) is 10.6 Å². The zero-order chi connectivity index (χ0) is 15.6. The van der Waals surface area contributed by atoms with Gasteiger partial charge in [-0.1, -0.05) is 23.2 Å². The van der Waals surface area contributed by atoms with Gasteiger partial charge in [-0.2, -0.15) is 11.8 Å². The van der Waals surface area contributed by atoms with Crippen LogP contribution in [0.5, 0.6) is 0 Å². The Morgan fingerprint density at radius 2 is 2.14 bits per heavy atom. The third-order valence-corrected chi connectivity index (χ3v) is 6.53. The van der Waals surface area contributed by atoms with Gasteiger partial charge in [0.15, 0.2) is 0 Å². The van der Waals surface area contributed by atoms with Crippen LogP contribution in [0, 0.1) is 5.92 Å². The van der Waals surface area contributed by atoms with E-state index in [1.165, 1.54) is 0 Å². The molecule has 1 aliphatic rings. The second kappa shape index (κ2) is 6.75. The number of thioether (sulfide) groups is 1. The number of hydrogen-bond acceptors (Lipinski definition) is 4. The molecule has 0 aliphatic carbocycles. The van der Waals surface area contributed by atoms with E-state index in [1.54, 1.807) is 11.8 Å². The Labute approximate surface area is 137 Å². The van der Waals surface area contributed by atoms with Crippen LogP contribution < -0.4 is 4.72 Å². The van der Waals surface area contributed by atoms with E-state index in [2.05, 4.69) is 4.72 Å². The van der Waals surface area contributed by atoms with Crippen molar-refractivity contribution in [2.24, 2.45) is 5.92 Å². The molecule has 0 saturated carbocycles. The Morgan fingerprint density at radius 3 is 2.71 bits per heavy atom. The smallest absolute Gasteiger partial charge is 0.337 e. The molecule has 0 aromatic heterocycles. The first-order chi connectivity index (χ1) is 9.81. The Hall–Kier alpha value is -0.470. The SMILES string of the molecule is O=C(O)c1cc(Cl)cc(S(=O)(=O)NCC2CCSC2)c1Cl. The van der Waals surface area contributed by atoms with E-state index in [4.69, 9.17) is 28.3 Å². The van der Waals surface area contributed by atoms with Crippen molar-refractivity contribution in [2.75, 3.05) is 18.1 Å². The average Bonchev–Trinajstić information content (AvgIpc) is 2.91. The highest BCUT2D eigenvalue weighted by molar-refractivity contribution is 7.99. The van der Waals surface area contributed by atoms with Crippen LogP contribution in [0.15, 0.2) is 17.0 Å². The highest BCUT2D eigenvalue weighted by Gasteiger charge is 2.25. The molecule has 2 N–H and O–H groups in total. The number of aromatic carboxylic acids is 1. The average molecular weight is 370 g/mol. The molecule has 9 heteroatoms. The summed E-state index contributed by atoms with van der Waals surface area (Å²) in [5.74, 6) is 0.882. The molecule has 0 radical (unpaired) electrons. The van der Waals surface area contributed by atoms with Crippen molar-refractivity contribution in [2.45, 2.75) is 11.3 Å². The lowest BCUT2D eigenvalue weighted by molar-refractivity contribution is 0.0697. The lowest BCUT2D eigenvalue weighted by Crippen LogP contribution is -2.29. The summed E-state index contributed by atoms with van der Waals surface area (Å²) in [5.41, 5.74) is -0.332. The first-order valence-corrected chi connectivity index (χ1v) is 9.50. The molecule has 1 fully saturated rings. The van der Waals surface area contributed by atoms with E-state index in [0.717, 1.165) is 30.1 Å². The maximum absolute atomic E-state index is 12.3. The monoisotopic (exact) mass is 369 g/mol. The summed E-state index contributed by atoms with van der Waals surface area (Å²) in [6.07, 6.45) is 0.955. The molecule has 116 valence electrons. The van der Waals surface area contributed by atoms with Gasteiger partial charge in [-0.15, -0.1) is 0 Å². The summed E-state index contributed by atoms with van der Waals surface area (Å²) in [6, 6.07) is 2.28. The van der Waals surface area contributed by atoms with Crippen LogP contribution in [0.25, 0.3) is 0 Å². The first kappa shape index (κ1) is 16.9. The maximum atomic E-state index is 12.3. The van der Waals surface area contributed by atoms with Gasteiger partial charge >= 0.3 is 5.97 Å². The Morgan fingerprint density at radius 1 is 1.43 bits per heavy atom. The third-order valence-electron chi connectivity index (χ3n) is 3.11. The minimum Gasteiger partial charge on any atom is -0.478 e. The van der Waals surface area contributed by atoms with Gasteiger partial charge in [0.2, 0.25) is 10.0 Å². The number of benzene rings is 1. The number of halogens is 2. The number of nitrogens with one attached hydrogen (secondary N) is 1. The summed E-state index contributed by atoms with van der Waals surface area (Å²) in [7, 11) is -3.90. The summed E-state index contributed by atoms with van der Waals surface area (Å²) in [4.78, 5) is 10.8. The molecule has 1 atom stereocenters. The largest absolute Gasteiger partial charge is 0.478 e. The minimum atomic E-state index is -3.90. The van der Waals surface area contributed by atoms with Crippen molar-refractivity contribution in [1.29, 1.82) is 0 Å². The van der Waals surface area contributed by atoms with Crippen molar-refractivity contribution >= 4 is 51.0 Å². The van der Waals surface area contributed by atoms with E-state index in [1.807, 2.05) is 0 Å². The van der Waals surface area contributed by atoms with Crippen LogP contribution in [0.2, 0.25) is 10.0 Å². The zero-order valence-corrected chi connectivity index (χ0v) is 13.9. The van der Waals surface area contributed by atoms with Crippen LogP contribution in [0.1, 0.15) is 16.8 Å². The van der Waals surface area contributed by atoms with Crippen molar-refractivity contribution in [3.05, 3.63) is 27.7 Å². The molecular weight excluding hydrogens is 357 g/mol. The van der Waals surface area contributed by atoms with E-state index in [0.29, 0.717) is 6.54 Å². The topological polar surface area (TPSA) is 83.5 Å².